The predicted octanol–water partition coefficient (Wildman–Crippen LogP) is 3.36. The van der Waals surface area contributed by atoms with Gasteiger partial charge in [0.1, 0.15) is 11.4 Å². The first-order valence-electron chi connectivity index (χ1n) is 9.77. The van der Waals surface area contributed by atoms with Crippen molar-refractivity contribution < 1.29 is 9.53 Å². The Balaban J connectivity index is 1.64. The fraction of sp³-hybridized carbons (Fsp3) is 0.455. The van der Waals surface area contributed by atoms with E-state index in [4.69, 9.17) is 4.74 Å². The molecule has 4 rings (SSSR count). The molecule has 0 saturated carbocycles. The number of amides is 1. The van der Waals surface area contributed by atoms with E-state index in [9.17, 15) is 4.79 Å². The van der Waals surface area contributed by atoms with Gasteiger partial charge in [0.2, 0.25) is 0 Å². The summed E-state index contributed by atoms with van der Waals surface area (Å²) in [7, 11) is 0. The zero-order chi connectivity index (χ0) is 18.9. The van der Waals surface area contributed by atoms with E-state index < -0.39 is 0 Å². The predicted molar refractivity (Wildman–Crippen MR) is 105 cm³/mol. The van der Waals surface area contributed by atoms with E-state index in [0.29, 0.717) is 24.7 Å². The summed E-state index contributed by atoms with van der Waals surface area (Å²) in [6, 6.07) is 12.2. The van der Waals surface area contributed by atoms with Crippen LogP contribution in [0.1, 0.15) is 42.6 Å². The molecule has 0 bridgehead atoms. The summed E-state index contributed by atoms with van der Waals surface area (Å²) in [6.45, 7) is 7.66. The molecule has 5 heteroatoms. The number of piperidine rings is 1. The van der Waals surface area contributed by atoms with Gasteiger partial charge in [-0.3, -0.25) is 9.78 Å². The van der Waals surface area contributed by atoms with Crippen molar-refractivity contribution in [2.45, 2.75) is 44.9 Å². The van der Waals surface area contributed by atoms with Crippen molar-refractivity contribution in [1.82, 2.24) is 14.8 Å². The van der Waals surface area contributed by atoms with Crippen molar-refractivity contribution in [1.29, 1.82) is 0 Å². The lowest BCUT2D eigenvalue weighted by Gasteiger charge is -2.44. The Morgan fingerprint density at radius 2 is 1.81 bits per heavy atom. The number of fused-ring (bicyclic) bond motifs is 1. The number of carbonyl (C=O) groups is 1. The van der Waals surface area contributed by atoms with Gasteiger partial charge in [-0.2, -0.15) is 0 Å². The van der Waals surface area contributed by atoms with Crippen LogP contribution < -0.4 is 4.74 Å². The second kappa shape index (κ2) is 7.31. The zero-order valence-electron chi connectivity index (χ0n) is 16.1. The summed E-state index contributed by atoms with van der Waals surface area (Å²) in [4.78, 5) is 21.7. The average molecular weight is 365 g/mol. The number of hydrogen-bond donors (Lipinski definition) is 0. The molecule has 1 amide bonds. The average Bonchev–Trinajstić information content (AvgIpc) is 2.85. The number of carbonyl (C=O) groups excluding carboxylic acids is 1. The van der Waals surface area contributed by atoms with Crippen LogP contribution in [0.15, 0.2) is 48.8 Å². The summed E-state index contributed by atoms with van der Waals surface area (Å²) in [5.74, 6) is 0.962. The Labute approximate surface area is 161 Å². The second-order valence-electron chi connectivity index (χ2n) is 7.92. The third-order valence-electron chi connectivity index (χ3n) is 5.79. The van der Waals surface area contributed by atoms with Crippen molar-refractivity contribution in [3.8, 4) is 5.75 Å². The minimum Gasteiger partial charge on any atom is -0.485 e. The number of likely N-dealkylation sites (tertiary alicyclic amines) is 1. The van der Waals surface area contributed by atoms with E-state index in [1.54, 1.807) is 24.5 Å². The maximum atomic E-state index is 13.2. The molecule has 1 aromatic carbocycles. The van der Waals surface area contributed by atoms with Gasteiger partial charge in [-0.15, -0.1) is 0 Å². The Morgan fingerprint density at radius 3 is 2.52 bits per heavy atom. The molecule has 2 aliphatic heterocycles. The molecule has 142 valence electrons. The Morgan fingerprint density at radius 1 is 1.11 bits per heavy atom. The van der Waals surface area contributed by atoms with Gasteiger partial charge in [-0.1, -0.05) is 18.2 Å². The number of ether oxygens (including phenoxy) is 1. The third-order valence-corrected chi connectivity index (χ3v) is 5.79. The van der Waals surface area contributed by atoms with Crippen LogP contribution in [0, 0.1) is 0 Å². The summed E-state index contributed by atoms with van der Waals surface area (Å²) in [6.07, 6.45) is 5.21. The fourth-order valence-corrected chi connectivity index (χ4v) is 4.14. The van der Waals surface area contributed by atoms with Crippen LogP contribution in [-0.4, -0.2) is 52.0 Å². The van der Waals surface area contributed by atoms with E-state index in [0.717, 1.165) is 37.2 Å². The topological polar surface area (TPSA) is 45.7 Å². The molecule has 0 radical (unpaired) electrons. The Hall–Kier alpha value is -2.40. The lowest BCUT2D eigenvalue weighted by atomic mass is 9.89. The molecule has 1 spiro atoms. The number of pyridine rings is 1. The number of hydrogen-bond acceptors (Lipinski definition) is 4. The molecule has 0 N–H and O–H groups in total. The lowest BCUT2D eigenvalue weighted by Crippen LogP contribution is -2.55. The molecule has 2 aliphatic rings. The van der Waals surface area contributed by atoms with Crippen molar-refractivity contribution in [2.24, 2.45) is 0 Å². The zero-order valence-corrected chi connectivity index (χ0v) is 16.1. The molecule has 0 atom stereocenters. The van der Waals surface area contributed by atoms with Gasteiger partial charge >= 0.3 is 0 Å². The van der Waals surface area contributed by atoms with Crippen molar-refractivity contribution >= 4 is 5.91 Å². The van der Waals surface area contributed by atoms with Gasteiger partial charge in [-0.05, 0) is 32.0 Å². The maximum absolute atomic E-state index is 13.2. The van der Waals surface area contributed by atoms with Gasteiger partial charge in [-0.25, -0.2) is 0 Å². The van der Waals surface area contributed by atoms with Crippen LogP contribution >= 0.6 is 0 Å². The minimum atomic E-state index is -0.319. The number of benzene rings is 1. The highest BCUT2D eigenvalue weighted by Crippen LogP contribution is 2.36. The van der Waals surface area contributed by atoms with E-state index in [-0.39, 0.29) is 11.5 Å². The number of aromatic nitrogens is 1. The molecular formula is C22H27N3O2. The first kappa shape index (κ1) is 18.0. The standard InChI is InChI=1S/C22H27N3O2/c1-17(2)24-13-9-22(10-14-24)16-25(21(26)18-7-11-23-12-8-18)15-19-5-3-4-6-20(19)27-22/h3-8,11-12,17H,9-10,13-16H2,1-2H3. The molecule has 1 saturated heterocycles. The summed E-state index contributed by atoms with van der Waals surface area (Å²) < 4.78 is 6.60. The van der Waals surface area contributed by atoms with Crippen molar-refractivity contribution in [3.63, 3.8) is 0 Å². The second-order valence-corrected chi connectivity index (χ2v) is 7.92. The number of nitrogens with zero attached hydrogens (tertiary/aromatic N) is 3. The Kier molecular flexibility index (Phi) is 4.87. The third kappa shape index (κ3) is 3.69. The SMILES string of the molecule is CC(C)N1CCC2(CC1)CN(C(=O)c1ccncc1)Cc1ccccc1O2. The van der Waals surface area contributed by atoms with Gasteiger partial charge in [0, 0.05) is 62.0 Å². The van der Waals surface area contributed by atoms with Crippen LogP contribution in [-0.2, 0) is 6.54 Å². The fourth-order valence-electron chi connectivity index (χ4n) is 4.14. The molecule has 0 aliphatic carbocycles. The normalized spacial score (nSPS) is 19.4. The molecule has 27 heavy (non-hydrogen) atoms. The highest BCUT2D eigenvalue weighted by molar-refractivity contribution is 5.94. The smallest absolute Gasteiger partial charge is 0.254 e. The largest absolute Gasteiger partial charge is 0.485 e. The highest BCUT2D eigenvalue weighted by Gasteiger charge is 2.42. The minimum absolute atomic E-state index is 0.0448. The van der Waals surface area contributed by atoms with Crippen molar-refractivity contribution in [2.75, 3.05) is 19.6 Å². The van der Waals surface area contributed by atoms with Crippen LogP contribution in [0.2, 0.25) is 0 Å². The molecule has 1 aromatic heterocycles. The first-order valence-corrected chi connectivity index (χ1v) is 9.77. The highest BCUT2D eigenvalue weighted by atomic mass is 16.5. The van der Waals surface area contributed by atoms with Crippen molar-refractivity contribution in [3.05, 3.63) is 59.9 Å². The van der Waals surface area contributed by atoms with Gasteiger partial charge in [0.15, 0.2) is 0 Å². The summed E-state index contributed by atoms with van der Waals surface area (Å²) in [5, 5.41) is 0. The van der Waals surface area contributed by atoms with E-state index in [2.05, 4.69) is 29.8 Å². The van der Waals surface area contributed by atoms with E-state index >= 15 is 0 Å². The lowest BCUT2D eigenvalue weighted by molar-refractivity contribution is -0.0213. The monoisotopic (exact) mass is 365 g/mol. The molecule has 0 unspecified atom stereocenters. The number of rotatable bonds is 2. The van der Waals surface area contributed by atoms with Crippen LogP contribution in [0.5, 0.6) is 5.75 Å². The van der Waals surface area contributed by atoms with Crippen LogP contribution in [0.25, 0.3) is 0 Å². The van der Waals surface area contributed by atoms with Gasteiger partial charge < -0.3 is 14.5 Å². The van der Waals surface area contributed by atoms with E-state index in [1.165, 1.54) is 0 Å². The summed E-state index contributed by atoms with van der Waals surface area (Å²) >= 11 is 0. The van der Waals surface area contributed by atoms with Crippen LogP contribution in [0.4, 0.5) is 0 Å². The molecule has 5 nitrogen and oxygen atoms in total. The Bertz CT molecular complexity index is 798. The first-order chi connectivity index (χ1) is 13.1. The molecule has 1 fully saturated rings. The number of para-hydroxylation sites is 1. The maximum Gasteiger partial charge on any atom is 0.254 e. The van der Waals surface area contributed by atoms with Gasteiger partial charge in [0.25, 0.3) is 5.91 Å². The van der Waals surface area contributed by atoms with E-state index in [1.807, 2.05) is 23.1 Å². The quantitative estimate of drug-likeness (QED) is 0.819. The molecule has 2 aromatic rings. The van der Waals surface area contributed by atoms with Gasteiger partial charge in [0.05, 0.1) is 6.54 Å². The van der Waals surface area contributed by atoms with Crippen LogP contribution in [0.3, 0.4) is 0 Å². The molecular weight excluding hydrogens is 338 g/mol. The molecule has 3 heterocycles. The summed E-state index contributed by atoms with van der Waals surface area (Å²) in [5.41, 5.74) is 1.43.